The number of anilines is 2. The fraction of sp³-hybridized carbons (Fsp3) is 0.381. The minimum atomic E-state index is -0.260. The third kappa shape index (κ3) is 5.65. The summed E-state index contributed by atoms with van der Waals surface area (Å²) in [4.78, 5) is 4.20. The van der Waals surface area contributed by atoms with Crippen LogP contribution in [0.1, 0.15) is 18.4 Å². The van der Waals surface area contributed by atoms with E-state index < -0.39 is 0 Å². The summed E-state index contributed by atoms with van der Waals surface area (Å²) < 4.78 is 18.9. The number of hydrogen-bond acceptors (Lipinski definition) is 3. The molecule has 2 aromatic rings. The number of halogens is 1. The first-order chi connectivity index (χ1) is 13.0. The number of nitrogens with one attached hydrogen (secondary N) is 1. The lowest BCUT2D eigenvalue weighted by Gasteiger charge is -2.28. The first-order valence-electron chi connectivity index (χ1n) is 9.20. The zero-order valence-corrected chi connectivity index (χ0v) is 16.6. The van der Waals surface area contributed by atoms with Gasteiger partial charge in [-0.15, -0.1) is 0 Å². The Labute approximate surface area is 165 Å². The second kappa shape index (κ2) is 9.15. The van der Waals surface area contributed by atoms with Crippen LogP contribution < -0.4 is 10.2 Å². The molecule has 27 heavy (non-hydrogen) atoms. The average Bonchev–Trinajstić information content (AvgIpc) is 3.16. The van der Waals surface area contributed by atoms with Gasteiger partial charge in [-0.2, -0.15) is 0 Å². The molecule has 1 N–H and O–H groups in total. The minimum Gasteiger partial charge on any atom is -0.378 e. The summed E-state index contributed by atoms with van der Waals surface area (Å²) >= 11 is 5.65. The van der Waals surface area contributed by atoms with Crippen molar-refractivity contribution in [3.63, 3.8) is 0 Å². The molecule has 4 nitrogen and oxygen atoms in total. The fourth-order valence-corrected chi connectivity index (χ4v) is 3.37. The van der Waals surface area contributed by atoms with Crippen LogP contribution in [-0.2, 0) is 11.3 Å². The van der Waals surface area contributed by atoms with Gasteiger partial charge in [-0.05, 0) is 67.0 Å². The van der Waals surface area contributed by atoms with Crippen molar-refractivity contribution in [2.24, 2.45) is 0 Å². The second-order valence-corrected chi connectivity index (χ2v) is 7.40. The van der Waals surface area contributed by atoms with E-state index in [1.165, 1.54) is 17.7 Å². The van der Waals surface area contributed by atoms with Crippen molar-refractivity contribution in [3.8, 4) is 0 Å². The van der Waals surface area contributed by atoms with Crippen molar-refractivity contribution < 1.29 is 9.13 Å². The highest BCUT2D eigenvalue weighted by molar-refractivity contribution is 7.80. The van der Waals surface area contributed by atoms with Gasteiger partial charge in [0, 0.05) is 45.2 Å². The maximum absolute atomic E-state index is 13.1. The largest absolute Gasteiger partial charge is 0.378 e. The molecule has 0 aromatic heterocycles. The van der Waals surface area contributed by atoms with Crippen molar-refractivity contribution in [3.05, 3.63) is 59.9 Å². The molecule has 6 heteroatoms. The predicted octanol–water partition coefficient (Wildman–Crippen LogP) is 4.27. The van der Waals surface area contributed by atoms with E-state index in [9.17, 15) is 4.39 Å². The smallest absolute Gasteiger partial charge is 0.173 e. The molecule has 1 aliphatic heterocycles. The summed E-state index contributed by atoms with van der Waals surface area (Å²) in [6.45, 7) is 2.25. The molecule has 3 rings (SSSR count). The summed E-state index contributed by atoms with van der Waals surface area (Å²) in [5, 5.41) is 3.84. The van der Waals surface area contributed by atoms with E-state index in [0.29, 0.717) is 11.7 Å². The van der Waals surface area contributed by atoms with E-state index >= 15 is 0 Å². The van der Waals surface area contributed by atoms with Gasteiger partial charge in [-0.25, -0.2) is 4.39 Å². The van der Waals surface area contributed by atoms with Gasteiger partial charge in [0.2, 0.25) is 0 Å². The van der Waals surface area contributed by atoms with E-state index in [1.54, 1.807) is 12.1 Å². The standard InChI is InChI=1S/C21H26FN3OS/c1-24(2)19-11-5-16(6-12-19)14-25(15-20-4-3-13-26-20)21(27)23-18-9-7-17(22)8-10-18/h5-12,20H,3-4,13-15H2,1-2H3,(H,23,27)/t20-/m0/s1. The van der Waals surface area contributed by atoms with Crippen LogP contribution in [0.25, 0.3) is 0 Å². The Kier molecular flexibility index (Phi) is 6.63. The highest BCUT2D eigenvalue weighted by Crippen LogP contribution is 2.19. The minimum absolute atomic E-state index is 0.194. The van der Waals surface area contributed by atoms with E-state index in [4.69, 9.17) is 17.0 Å². The van der Waals surface area contributed by atoms with Crippen LogP contribution in [0, 0.1) is 5.82 Å². The van der Waals surface area contributed by atoms with Crippen molar-refractivity contribution in [2.45, 2.75) is 25.5 Å². The number of thiocarbonyl (C=S) groups is 1. The summed E-state index contributed by atoms with van der Waals surface area (Å²) in [6.07, 6.45) is 2.34. The number of hydrogen-bond donors (Lipinski definition) is 1. The van der Waals surface area contributed by atoms with Crippen molar-refractivity contribution in [1.29, 1.82) is 0 Å². The molecule has 1 saturated heterocycles. The van der Waals surface area contributed by atoms with Crippen LogP contribution in [0.2, 0.25) is 0 Å². The third-order valence-corrected chi connectivity index (χ3v) is 5.02. The Morgan fingerprint density at radius 3 is 2.44 bits per heavy atom. The Morgan fingerprint density at radius 1 is 1.15 bits per heavy atom. The molecule has 0 unspecified atom stereocenters. The van der Waals surface area contributed by atoms with E-state index in [-0.39, 0.29) is 11.9 Å². The van der Waals surface area contributed by atoms with Crippen LogP contribution >= 0.6 is 12.2 Å². The van der Waals surface area contributed by atoms with Crippen LogP contribution in [0.3, 0.4) is 0 Å². The van der Waals surface area contributed by atoms with Gasteiger partial charge in [-0.3, -0.25) is 0 Å². The zero-order chi connectivity index (χ0) is 19.2. The lowest BCUT2D eigenvalue weighted by Crippen LogP contribution is -2.39. The first kappa shape index (κ1) is 19.6. The Hall–Kier alpha value is -2.18. The van der Waals surface area contributed by atoms with Gasteiger partial charge in [0.05, 0.1) is 6.10 Å². The second-order valence-electron chi connectivity index (χ2n) is 7.01. The molecular formula is C21H26FN3OS. The first-order valence-corrected chi connectivity index (χ1v) is 9.61. The van der Waals surface area contributed by atoms with Crippen LogP contribution in [0.5, 0.6) is 0 Å². The lowest BCUT2D eigenvalue weighted by molar-refractivity contribution is 0.0905. The normalized spacial score (nSPS) is 16.2. The van der Waals surface area contributed by atoms with Gasteiger partial charge in [0.1, 0.15) is 5.82 Å². The highest BCUT2D eigenvalue weighted by atomic mass is 32.1. The number of rotatable bonds is 6. The topological polar surface area (TPSA) is 27.7 Å². The molecule has 1 aliphatic rings. The number of nitrogens with zero attached hydrogens (tertiary/aromatic N) is 2. The molecule has 0 saturated carbocycles. The summed E-state index contributed by atoms with van der Waals surface area (Å²) in [7, 11) is 4.06. The van der Waals surface area contributed by atoms with Gasteiger partial charge >= 0.3 is 0 Å². The lowest BCUT2D eigenvalue weighted by atomic mass is 10.1. The zero-order valence-electron chi connectivity index (χ0n) is 15.8. The maximum Gasteiger partial charge on any atom is 0.173 e. The van der Waals surface area contributed by atoms with Crippen molar-refractivity contribution >= 4 is 28.7 Å². The van der Waals surface area contributed by atoms with Gasteiger partial charge in [0.15, 0.2) is 5.11 Å². The monoisotopic (exact) mass is 387 g/mol. The maximum atomic E-state index is 13.1. The molecule has 144 valence electrons. The molecular weight excluding hydrogens is 361 g/mol. The number of ether oxygens (including phenoxy) is 1. The summed E-state index contributed by atoms with van der Waals surface area (Å²) in [6, 6.07) is 14.7. The van der Waals surface area contributed by atoms with Crippen molar-refractivity contribution in [1.82, 2.24) is 4.90 Å². The molecule has 2 aromatic carbocycles. The summed E-state index contributed by atoms with van der Waals surface area (Å²) in [5.74, 6) is -0.260. The van der Waals surface area contributed by atoms with Gasteiger partial charge in [0.25, 0.3) is 0 Å². The molecule has 0 spiro atoms. The average molecular weight is 388 g/mol. The third-order valence-electron chi connectivity index (χ3n) is 4.66. The predicted molar refractivity (Wildman–Crippen MR) is 113 cm³/mol. The van der Waals surface area contributed by atoms with E-state index in [1.807, 2.05) is 14.1 Å². The molecule has 1 atom stereocenters. The SMILES string of the molecule is CN(C)c1ccc(CN(C[C@@H]2CCCO2)C(=S)Nc2ccc(F)cc2)cc1. The molecule has 0 aliphatic carbocycles. The van der Waals surface area contributed by atoms with Gasteiger partial charge in [-0.1, -0.05) is 12.1 Å². The molecule has 0 amide bonds. The number of benzene rings is 2. The van der Waals surface area contributed by atoms with E-state index in [0.717, 1.165) is 37.4 Å². The molecule has 0 radical (unpaired) electrons. The Balaban J connectivity index is 1.70. The van der Waals surface area contributed by atoms with E-state index in [2.05, 4.69) is 39.4 Å². The Morgan fingerprint density at radius 2 is 1.85 bits per heavy atom. The van der Waals surface area contributed by atoms with Crippen LogP contribution in [0.15, 0.2) is 48.5 Å². The van der Waals surface area contributed by atoms with Crippen molar-refractivity contribution in [2.75, 3.05) is 37.5 Å². The summed E-state index contributed by atoms with van der Waals surface area (Å²) in [5.41, 5.74) is 3.12. The highest BCUT2D eigenvalue weighted by Gasteiger charge is 2.21. The van der Waals surface area contributed by atoms with Gasteiger partial charge < -0.3 is 19.9 Å². The Bertz CT molecular complexity index is 743. The van der Waals surface area contributed by atoms with Crippen LogP contribution in [-0.4, -0.2) is 43.4 Å². The fourth-order valence-electron chi connectivity index (χ4n) is 3.11. The molecule has 1 fully saturated rings. The van der Waals surface area contributed by atoms with Crippen LogP contribution in [0.4, 0.5) is 15.8 Å². The molecule has 1 heterocycles. The molecule has 0 bridgehead atoms. The quantitative estimate of drug-likeness (QED) is 0.748.